The maximum atomic E-state index is 10.6. The molecule has 2 aliphatic heterocycles. The number of ether oxygens (including phenoxy) is 3. The van der Waals surface area contributed by atoms with Crippen LogP contribution in [0.2, 0.25) is 0 Å². The number of halogens is 3. The van der Waals surface area contributed by atoms with Crippen LogP contribution in [0.25, 0.3) is 0 Å². The summed E-state index contributed by atoms with van der Waals surface area (Å²) in [4.78, 5) is 15.7. The first-order valence-corrected chi connectivity index (χ1v) is 10.6. The zero-order valence-electron chi connectivity index (χ0n) is 18.5. The average Bonchev–Trinajstić information content (AvgIpc) is 3.33. The summed E-state index contributed by atoms with van der Waals surface area (Å²) < 4.78 is 50.9. The van der Waals surface area contributed by atoms with Crippen LogP contribution in [0.5, 0.6) is 11.5 Å². The van der Waals surface area contributed by atoms with Crippen LogP contribution < -0.4 is 9.47 Å². The van der Waals surface area contributed by atoms with Crippen molar-refractivity contribution in [3.05, 3.63) is 42.0 Å². The summed E-state index contributed by atoms with van der Waals surface area (Å²) in [7, 11) is 0. The summed E-state index contributed by atoms with van der Waals surface area (Å²) in [5.74, 6) is -0.0538. The van der Waals surface area contributed by atoms with Gasteiger partial charge in [0.2, 0.25) is 6.79 Å². The van der Waals surface area contributed by atoms with Gasteiger partial charge in [-0.05, 0) is 23.6 Å². The van der Waals surface area contributed by atoms with E-state index >= 15 is 0 Å². The molecule has 0 saturated carbocycles. The molecule has 0 aliphatic carbocycles. The molecular formula is C22H28F3N3O5. The van der Waals surface area contributed by atoms with Crippen LogP contribution in [0.1, 0.15) is 25.1 Å². The molecule has 33 heavy (non-hydrogen) atoms. The number of aliphatic carboxylic acids is 1. The average molecular weight is 471 g/mol. The maximum absolute atomic E-state index is 10.6. The van der Waals surface area contributed by atoms with E-state index in [1.54, 1.807) is 0 Å². The van der Waals surface area contributed by atoms with Crippen LogP contribution in [0.4, 0.5) is 13.2 Å². The predicted octanol–water partition coefficient (Wildman–Crippen LogP) is 3.55. The lowest BCUT2D eigenvalue weighted by Gasteiger charge is -2.24. The molecule has 0 bridgehead atoms. The number of benzene rings is 1. The van der Waals surface area contributed by atoms with Crippen molar-refractivity contribution in [3.63, 3.8) is 0 Å². The van der Waals surface area contributed by atoms with E-state index < -0.39 is 12.1 Å². The number of carbonyl (C=O) groups is 1. The fourth-order valence-electron chi connectivity index (χ4n) is 3.63. The van der Waals surface area contributed by atoms with Gasteiger partial charge in [-0.1, -0.05) is 19.9 Å². The van der Waals surface area contributed by atoms with Gasteiger partial charge in [-0.15, -0.1) is 0 Å². The fraction of sp³-hybridized carbons (Fsp3) is 0.545. The molecule has 0 saturated heterocycles. The van der Waals surface area contributed by atoms with Crippen LogP contribution >= 0.6 is 0 Å². The topological polar surface area (TPSA) is 86.1 Å². The summed E-state index contributed by atoms with van der Waals surface area (Å²) in [6.07, 6.45) is -1.17. The number of alkyl halides is 3. The second-order valence-electron chi connectivity index (χ2n) is 8.49. The van der Waals surface area contributed by atoms with Gasteiger partial charge >= 0.3 is 12.1 Å². The molecule has 0 amide bonds. The fourth-order valence-corrected chi connectivity index (χ4v) is 3.63. The van der Waals surface area contributed by atoms with Crippen molar-refractivity contribution in [1.29, 1.82) is 0 Å². The maximum Gasteiger partial charge on any atom is 0.490 e. The third-order valence-electron chi connectivity index (χ3n) is 5.05. The molecule has 182 valence electrons. The minimum absolute atomic E-state index is 0.316. The summed E-state index contributed by atoms with van der Waals surface area (Å²) in [5.41, 5.74) is 2.50. The SMILES string of the molecule is CC(C)COCC1CN(Cc2ccc3c(c2)OCO3)Cc2cncn2C1.O=C(O)C(F)(F)F. The van der Waals surface area contributed by atoms with Crippen LogP contribution in [-0.4, -0.2) is 58.3 Å². The Labute approximate surface area is 189 Å². The summed E-state index contributed by atoms with van der Waals surface area (Å²) in [5, 5.41) is 7.12. The Hall–Kier alpha value is -2.79. The number of carboxylic acid groups (broad SMARTS) is 1. The van der Waals surface area contributed by atoms with Crippen molar-refractivity contribution in [3.8, 4) is 11.5 Å². The van der Waals surface area contributed by atoms with Crippen molar-refractivity contribution >= 4 is 5.97 Å². The molecular weight excluding hydrogens is 443 g/mol. The van der Waals surface area contributed by atoms with Gasteiger partial charge in [0.1, 0.15) is 0 Å². The first kappa shape index (κ1) is 24.8. The first-order valence-electron chi connectivity index (χ1n) is 10.6. The molecule has 1 N–H and O–H groups in total. The Morgan fingerprint density at radius 1 is 1.27 bits per heavy atom. The van der Waals surface area contributed by atoms with Gasteiger partial charge in [-0.25, -0.2) is 9.78 Å². The minimum atomic E-state index is -5.08. The van der Waals surface area contributed by atoms with Crippen molar-refractivity contribution in [2.75, 3.05) is 26.6 Å². The Bertz CT molecular complexity index is 932. The zero-order chi connectivity index (χ0) is 24.0. The summed E-state index contributed by atoms with van der Waals surface area (Å²) >= 11 is 0. The lowest BCUT2D eigenvalue weighted by molar-refractivity contribution is -0.192. The second-order valence-corrected chi connectivity index (χ2v) is 8.49. The quantitative estimate of drug-likeness (QED) is 0.690. The number of aromatic nitrogens is 2. The Morgan fingerprint density at radius 3 is 2.70 bits per heavy atom. The number of rotatable bonds is 6. The molecule has 8 nitrogen and oxygen atoms in total. The van der Waals surface area contributed by atoms with Gasteiger partial charge in [-0.2, -0.15) is 13.2 Å². The van der Waals surface area contributed by atoms with Gasteiger partial charge in [0, 0.05) is 44.9 Å². The lowest BCUT2D eigenvalue weighted by atomic mass is 10.1. The van der Waals surface area contributed by atoms with E-state index in [4.69, 9.17) is 24.1 Å². The summed E-state index contributed by atoms with van der Waals surface area (Å²) in [6, 6.07) is 6.22. The molecule has 11 heteroatoms. The number of carboxylic acids is 1. The molecule has 1 atom stereocenters. The predicted molar refractivity (Wildman–Crippen MR) is 112 cm³/mol. The smallest absolute Gasteiger partial charge is 0.475 e. The molecule has 3 heterocycles. The number of nitrogens with zero attached hydrogens (tertiary/aromatic N) is 3. The molecule has 1 unspecified atom stereocenters. The van der Waals surface area contributed by atoms with Crippen LogP contribution in [-0.2, 0) is 29.2 Å². The molecule has 0 spiro atoms. The van der Waals surface area contributed by atoms with Gasteiger partial charge in [0.25, 0.3) is 0 Å². The molecule has 1 aromatic carbocycles. The number of imidazole rings is 1. The third kappa shape index (κ3) is 7.36. The highest BCUT2D eigenvalue weighted by Crippen LogP contribution is 2.33. The molecule has 0 radical (unpaired) electrons. The Morgan fingerprint density at radius 2 is 2.00 bits per heavy atom. The second kappa shape index (κ2) is 10.9. The third-order valence-corrected chi connectivity index (χ3v) is 5.05. The highest BCUT2D eigenvalue weighted by molar-refractivity contribution is 5.73. The first-order chi connectivity index (χ1) is 15.6. The van der Waals surface area contributed by atoms with Crippen molar-refractivity contribution in [1.82, 2.24) is 14.5 Å². The van der Waals surface area contributed by atoms with E-state index in [1.165, 1.54) is 11.3 Å². The monoisotopic (exact) mass is 471 g/mol. The highest BCUT2D eigenvalue weighted by Gasteiger charge is 2.38. The number of fused-ring (bicyclic) bond motifs is 2. The number of hydrogen-bond donors (Lipinski definition) is 1. The van der Waals surface area contributed by atoms with E-state index in [0.29, 0.717) is 18.6 Å². The molecule has 0 fully saturated rings. The largest absolute Gasteiger partial charge is 0.490 e. The van der Waals surface area contributed by atoms with Crippen LogP contribution in [0, 0.1) is 11.8 Å². The number of hydrogen-bond acceptors (Lipinski definition) is 6. The van der Waals surface area contributed by atoms with E-state index in [2.05, 4.69) is 40.4 Å². The van der Waals surface area contributed by atoms with Crippen molar-refractivity contribution in [2.24, 2.45) is 11.8 Å². The lowest BCUT2D eigenvalue weighted by Crippen LogP contribution is -2.30. The van der Waals surface area contributed by atoms with E-state index in [1.807, 2.05) is 18.6 Å². The van der Waals surface area contributed by atoms with Crippen LogP contribution in [0.15, 0.2) is 30.7 Å². The van der Waals surface area contributed by atoms with Gasteiger partial charge < -0.3 is 23.9 Å². The molecule has 2 aliphatic rings. The van der Waals surface area contributed by atoms with Gasteiger partial charge in [0.15, 0.2) is 11.5 Å². The van der Waals surface area contributed by atoms with Gasteiger partial charge in [-0.3, -0.25) is 4.90 Å². The van der Waals surface area contributed by atoms with Crippen molar-refractivity contribution < 1.29 is 37.3 Å². The highest BCUT2D eigenvalue weighted by atomic mass is 19.4. The zero-order valence-corrected chi connectivity index (χ0v) is 18.5. The summed E-state index contributed by atoms with van der Waals surface area (Å²) in [6.45, 7) is 10.0. The van der Waals surface area contributed by atoms with Crippen LogP contribution in [0.3, 0.4) is 0 Å². The van der Waals surface area contributed by atoms with E-state index in [-0.39, 0.29) is 0 Å². The van der Waals surface area contributed by atoms with Crippen molar-refractivity contribution in [2.45, 2.75) is 39.7 Å². The van der Waals surface area contributed by atoms with E-state index in [0.717, 1.165) is 50.9 Å². The standard InChI is InChI=1S/C20H27N3O3.C2HF3O2/c1-15(2)11-24-12-17-8-22(10-18-6-21-13-23(18)9-17)7-16-3-4-19-20(5-16)26-14-25-19;3-2(4,5)1(6)7/h3-6,13,15,17H,7-12,14H2,1-2H3;(H,6,7). The molecule has 4 rings (SSSR count). The Kier molecular flexibility index (Phi) is 8.20. The molecule has 2 aromatic rings. The molecule has 1 aromatic heterocycles. The normalized spacial score (nSPS) is 17.8. The van der Waals surface area contributed by atoms with E-state index in [9.17, 15) is 13.2 Å². The minimum Gasteiger partial charge on any atom is -0.475 e. The van der Waals surface area contributed by atoms with Gasteiger partial charge in [0.05, 0.1) is 18.6 Å². The Balaban J connectivity index is 0.000000383.